The molecule has 0 fully saturated rings. The highest BCUT2D eigenvalue weighted by Gasteiger charge is 2.12. The number of rotatable bonds is 1. The molecule has 3 nitrogen and oxygen atoms in total. The number of nitrogens with zero attached hydrogens (tertiary/aromatic N) is 2. The van der Waals surface area contributed by atoms with E-state index in [1.54, 1.807) is 0 Å². The number of anilines is 1. The average molecular weight is 210 g/mol. The van der Waals surface area contributed by atoms with E-state index in [-0.39, 0.29) is 0 Å². The van der Waals surface area contributed by atoms with Crippen LogP contribution in [0, 0.1) is 6.92 Å². The molecule has 14 heavy (non-hydrogen) atoms. The molecule has 0 aliphatic rings. The predicted octanol–water partition coefficient (Wildman–Crippen LogP) is 2.58. The molecular weight excluding hydrogens is 198 g/mol. The molecule has 0 saturated heterocycles. The zero-order chi connectivity index (χ0) is 10.3. The molecule has 1 aromatic heterocycles. The van der Waals surface area contributed by atoms with Crippen LogP contribution in [0.15, 0.2) is 12.1 Å². The quantitative estimate of drug-likeness (QED) is 0.783. The van der Waals surface area contributed by atoms with E-state index in [9.17, 15) is 0 Å². The normalized spacial score (nSPS) is 10.9. The van der Waals surface area contributed by atoms with E-state index in [1.807, 2.05) is 30.9 Å². The Morgan fingerprint density at radius 3 is 2.79 bits per heavy atom. The lowest BCUT2D eigenvalue weighted by Gasteiger charge is -2.00. The van der Waals surface area contributed by atoms with Crippen molar-refractivity contribution in [3.63, 3.8) is 0 Å². The van der Waals surface area contributed by atoms with Gasteiger partial charge in [-0.3, -0.25) is 4.68 Å². The molecule has 0 atom stereocenters. The molecule has 0 aliphatic heterocycles. The third kappa shape index (κ3) is 1.16. The molecule has 0 amide bonds. The van der Waals surface area contributed by atoms with Gasteiger partial charge in [0.15, 0.2) is 5.82 Å². The van der Waals surface area contributed by atoms with Crippen molar-refractivity contribution in [2.24, 2.45) is 7.05 Å². The third-order valence-corrected chi connectivity index (χ3v) is 2.69. The SMILES string of the molecule is CNc1nn(C)c2c(C)ccc(Cl)c12. The minimum absolute atomic E-state index is 0.739. The van der Waals surface area contributed by atoms with Crippen LogP contribution in [-0.2, 0) is 7.05 Å². The largest absolute Gasteiger partial charge is 0.371 e. The van der Waals surface area contributed by atoms with Crippen LogP contribution in [0.4, 0.5) is 5.82 Å². The van der Waals surface area contributed by atoms with Crippen LogP contribution >= 0.6 is 11.6 Å². The number of fused-ring (bicyclic) bond motifs is 1. The second-order valence-electron chi connectivity index (χ2n) is 3.31. The van der Waals surface area contributed by atoms with Crippen LogP contribution in [-0.4, -0.2) is 16.8 Å². The second kappa shape index (κ2) is 3.17. The fraction of sp³-hybridized carbons (Fsp3) is 0.300. The molecule has 0 unspecified atom stereocenters. The van der Waals surface area contributed by atoms with Crippen LogP contribution in [0.2, 0.25) is 5.02 Å². The maximum atomic E-state index is 6.13. The van der Waals surface area contributed by atoms with E-state index < -0.39 is 0 Å². The van der Waals surface area contributed by atoms with E-state index in [0.29, 0.717) is 0 Å². The summed E-state index contributed by atoms with van der Waals surface area (Å²) in [5.74, 6) is 0.830. The zero-order valence-electron chi connectivity index (χ0n) is 8.43. The van der Waals surface area contributed by atoms with E-state index in [0.717, 1.165) is 21.7 Å². The Morgan fingerprint density at radius 1 is 1.43 bits per heavy atom. The highest BCUT2D eigenvalue weighted by molar-refractivity contribution is 6.36. The minimum atomic E-state index is 0.739. The van der Waals surface area contributed by atoms with Gasteiger partial charge in [-0.15, -0.1) is 0 Å². The summed E-state index contributed by atoms with van der Waals surface area (Å²) < 4.78 is 1.85. The number of benzene rings is 1. The number of hydrogen-bond acceptors (Lipinski definition) is 2. The van der Waals surface area contributed by atoms with Gasteiger partial charge in [0.25, 0.3) is 0 Å². The standard InChI is InChI=1S/C10H12ClN3/c1-6-4-5-7(11)8-9(6)14(3)13-10(8)12-2/h4-5H,1-3H3,(H,12,13). The van der Waals surface area contributed by atoms with Crippen molar-refractivity contribution in [3.8, 4) is 0 Å². The molecule has 2 aromatic rings. The molecule has 0 spiro atoms. The number of aryl methyl sites for hydroxylation is 2. The molecule has 0 saturated carbocycles. The number of hydrogen-bond donors (Lipinski definition) is 1. The van der Waals surface area contributed by atoms with Gasteiger partial charge in [-0.1, -0.05) is 17.7 Å². The Bertz CT molecular complexity index is 488. The smallest absolute Gasteiger partial charge is 0.157 e. The van der Waals surface area contributed by atoms with Gasteiger partial charge in [-0.05, 0) is 18.6 Å². The summed E-state index contributed by atoms with van der Waals surface area (Å²) in [6.07, 6.45) is 0. The molecule has 0 radical (unpaired) electrons. The summed E-state index contributed by atoms with van der Waals surface area (Å²) in [4.78, 5) is 0. The lowest BCUT2D eigenvalue weighted by Crippen LogP contribution is -1.93. The van der Waals surface area contributed by atoms with Gasteiger partial charge in [-0.2, -0.15) is 5.10 Å². The van der Waals surface area contributed by atoms with Gasteiger partial charge in [0.2, 0.25) is 0 Å². The summed E-state index contributed by atoms with van der Waals surface area (Å²) in [7, 11) is 3.77. The maximum absolute atomic E-state index is 6.13. The van der Waals surface area contributed by atoms with Crippen molar-refractivity contribution >= 4 is 28.3 Å². The molecule has 1 heterocycles. The highest BCUT2D eigenvalue weighted by Crippen LogP contribution is 2.31. The fourth-order valence-electron chi connectivity index (χ4n) is 1.74. The van der Waals surface area contributed by atoms with Crippen molar-refractivity contribution < 1.29 is 0 Å². The number of aromatic nitrogens is 2. The van der Waals surface area contributed by atoms with E-state index >= 15 is 0 Å². The minimum Gasteiger partial charge on any atom is -0.371 e. The number of halogens is 1. The average Bonchev–Trinajstić information content (AvgIpc) is 2.50. The van der Waals surface area contributed by atoms with Gasteiger partial charge < -0.3 is 5.32 Å². The van der Waals surface area contributed by atoms with Crippen molar-refractivity contribution in [1.29, 1.82) is 0 Å². The van der Waals surface area contributed by atoms with Crippen molar-refractivity contribution in [2.75, 3.05) is 12.4 Å². The molecule has 0 bridgehead atoms. The summed E-state index contributed by atoms with van der Waals surface area (Å²) >= 11 is 6.13. The topological polar surface area (TPSA) is 29.9 Å². The van der Waals surface area contributed by atoms with Crippen LogP contribution < -0.4 is 5.32 Å². The fourth-order valence-corrected chi connectivity index (χ4v) is 1.98. The summed E-state index contributed by atoms with van der Waals surface area (Å²) in [6, 6.07) is 3.91. The van der Waals surface area contributed by atoms with Crippen molar-refractivity contribution in [1.82, 2.24) is 9.78 Å². The Labute approximate surface area is 87.7 Å². The summed E-state index contributed by atoms with van der Waals surface area (Å²) in [5, 5.41) is 9.13. The second-order valence-corrected chi connectivity index (χ2v) is 3.72. The number of nitrogens with one attached hydrogen (secondary N) is 1. The highest BCUT2D eigenvalue weighted by atomic mass is 35.5. The van der Waals surface area contributed by atoms with Gasteiger partial charge >= 0.3 is 0 Å². The molecule has 0 aliphatic carbocycles. The van der Waals surface area contributed by atoms with Gasteiger partial charge in [-0.25, -0.2) is 0 Å². The van der Waals surface area contributed by atoms with Crippen molar-refractivity contribution in [3.05, 3.63) is 22.7 Å². The molecule has 1 N–H and O–H groups in total. The van der Waals surface area contributed by atoms with Crippen LogP contribution in [0.1, 0.15) is 5.56 Å². The third-order valence-electron chi connectivity index (χ3n) is 2.38. The van der Waals surface area contributed by atoms with Gasteiger partial charge in [0, 0.05) is 14.1 Å². The lowest BCUT2D eigenvalue weighted by atomic mass is 10.1. The first-order chi connectivity index (χ1) is 6.65. The Morgan fingerprint density at radius 2 is 2.14 bits per heavy atom. The Hall–Kier alpha value is -1.22. The van der Waals surface area contributed by atoms with Crippen molar-refractivity contribution in [2.45, 2.75) is 6.92 Å². The zero-order valence-corrected chi connectivity index (χ0v) is 9.18. The van der Waals surface area contributed by atoms with E-state index in [4.69, 9.17) is 11.6 Å². The van der Waals surface area contributed by atoms with E-state index in [2.05, 4.69) is 17.3 Å². The lowest BCUT2D eigenvalue weighted by molar-refractivity contribution is 0.797. The van der Waals surface area contributed by atoms with Gasteiger partial charge in [0.05, 0.1) is 15.9 Å². The monoisotopic (exact) mass is 209 g/mol. The van der Waals surface area contributed by atoms with Crippen LogP contribution in [0.5, 0.6) is 0 Å². The Kier molecular flexibility index (Phi) is 2.11. The van der Waals surface area contributed by atoms with Crippen LogP contribution in [0.25, 0.3) is 10.9 Å². The first-order valence-corrected chi connectivity index (χ1v) is 4.82. The molecular formula is C10H12ClN3. The van der Waals surface area contributed by atoms with Gasteiger partial charge in [0.1, 0.15) is 0 Å². The predicted molar refractivity (Wildman–Crippen MR) is 60.0 cm³/mol. The molecule has 74 valence electrons. The first-order valence-electron chi connectivity index (χ1n) is 4.44. The maximum Gasteiger partial charge on any atom is 0.157 e. The first kappa shape index (κ1) is 9.34. The molecule has 4 heteroatoms. The van der Waals surface area contributed by atoms with Crippen LogP contribution in [0.3, 0.4) is 0 Å². The van der Waals surface area contributed by atoms with E-state index in [1.165, 1.54) is 5.56 Å². The summed E-state index contributed by atoms with van der Waals surface area (Å²) in [6.45, 7) is 2.06. The Balaban J connectivity index is 2.94. The summed E-state index contributed by atoms with van der Waals surface area (Å²) in [5.41, 5.74) is 2.27. The molecule has 2 rings (SSSR count). The molecule has 1 aromatic carbocycles.